The van der Waals surface area contributed by atoms with E-state index in [0.29, 0.717) is 12.1 Å². The van der Waals surface area contributed by atoms with Gasteiger partial charge in [-0.15, -0.1) is 0 Å². The zero-order chi connectivity index (χ0) is 14.7. The van der Waals surface area contributed by atoms with Gasteiger partial charge in [0.2, 0.25) is 0 Å². The van der Waals surface area contributed by atoms with Crippen molar-refractivity contribution in [3.63, 3.8) is 0 Å². The zero-order valence-corrected chi connectivity index (χ0v) is 13.4. The van der Waals surface area contributed by atoms with Crippen LogP contribution in [0.4, 0.5) is 0 Å². The van der Waals surface area contributed by atoms with Crippen molar-refractivity contribution in [2.75, 3.05) is 27.2 Å². The molecular weight excluding hydrogens is 260 g/mol. The van der Waals surface area contributed by atoms with E-state index in [1.165, 1.54) is 56.2 Å². The van der Waals surface area contributed by atoms with Crippen LogP contribution in [0.5, 0.6) is 5.75 Å². The van der Waals surface area contributed by atoms with Gasteiger partial charge in [0.1, 0.15) is 5.75 Å². The molecule has 1 saturated heterocycles. The van der Waals surface area contributed by atoms with Crippen molar-refractivity contribution >= 4 is 0 Å². The number of aryl methyl sites for hydroxylation is 1. The summed E-state index contributed by atoms with van der Waals surface area (Å²) in [6.07, 6.45) is 7.80. The van der Waals surface area contributed by atoms with Crippen LogP contribution >= 0.6 is 0 Å². The quantitative estimate of drug-likeness (QED) is 0.921. The average molecular weight is 288 g/mol. The Balaban J connectivity index is 1.71. The first-order valence-electron chi connectivity index (χ1n) is 8.38. The number of nitrogens with one attached hydrogen (secondary N) is 1. The minimum Gasteiger partial charge on any atom is -0.497 e. The molecule has 0 amide bonds. The van der Waals surface area contributed by atoms with Gasteiger partial charge in [0, 0.05) is 18.6 Å². The zero-order valence-electron chi connectivity index (χ0n) is 13.4. The van der Waals surface area contributed by atoms with Crippen molar-refractivity contribution in [3.8, 4) is 5.75 Å². The van der Waals surface area contributed by atoms with Crippen molar-refractivity contribution in [1.29, 1.82) is 0 Å². The molecule has 0 bridgehead atoms. The fraction of sp³-hybridized carbons (Fsp3) is 0.667. The van der Waals surface area contributed by atoms with Crippen LogP contribution in [0.1, 0.15) is 49.3 Å². The molecule has 21 heavy (non-hydrogen) atoms. The van der Waals surface area contributed by atoms with Gasteiger partial charge in [-0.3, -0.25) is 4.90 Å². The van der Waals surface area contributed by atoms with Gasteiger partial charge < -0.3 is 10.1 Å². The lowest BCUT2D eigenvalue weighted by Gasteiger charge is -2.36. The number of fused-ring (bicyclic) bond motifs is 1. The van der Waals surface area contributed by atoms with Gasteiger partial charge in [-0.2, -0.15) is 0 Å². The van der Waals surface area contributed by atoms with Crippen LogP contribution in [0.2, 0.25) is 0 Å². The molecule has 1 aliphatic heterocycles. The number of likely N-dealkylation sites (N-methyl/N-ethyl adjacent to an activating group) is 1. The number of ether oxygens (including phenoxy) is 1. The highest BCUT2D eigenvalue weighted by molar-refractivity contribution is 5.39. The normalized spacial score (nSPS) is 25.7. The number of benzene rings is 1. The largest absolute Gasteiger partial charge is 0.497 e. The molecule has 0 saturated carbocycles. The van der Waals surface area contributed by atoms with Crippen molar-refractivity contribution in [3.05, 3.63) is 29.3 Å². The molecular formula is C18H28N2O. The number of piperidine rings is 1. The second-order valence-corrected chi connectivity index (χ2v) is 6.56. The first-order valence-corrected chi connectivity index (χ1v) is 8.38. The molecule has 1 aromatic rings. The molecule has 1 N–H and O–H groups in total. The van der Waals surface area contributed by atoms with Crippen LogP contribution in [0.25, 0.3) is 0 Å². The lowest BCUT2D eigenvalue weighted by molar-refractivity contribution is 0.187. The second kappa shape index (κ2) is 6.80. The van der Waals surface area contributed by atoms with Crippen LogP contribution in [-0.2, 0) is 6.42 Å². The van der Waals surface area contributed by atoms with Crippen LogP contribution in [-0.4, -0.2) is 38.2 Å². The van der Waals surface area contributed by atoms with Crippen molar-refractivity contribution in [2.45, 2.75) is 50.6 Å². The van der Waals surface area contributed by atoms with Crippen molar-refractivity contribution < 1.29 is 4.74 Å². The van der Waals surface area contributed by atoms with E-state index >= 15 is 0 Å². The molecule has 3 rings (SSSR count). The van der Waals surface area contributed by atoms with E-state index in [0.717, 1.165) is 12.3 Å². The van der Waals surface area contributed by atoms with E-state index in [1.807, 2.05) is 0 Å². The molecule has 1 fully saturated rings. The molecule has 3 heteroatoms. The van der Waals surface area contributed by atoms with Gasteiger partial charge in [-0.25, -0.2) is 0 Å². The summed E-state index contributed by atoms with van der Waals surface area (Å²) in [5, 5.41) is 3.67. The summed E-state index contributed by atoms with van der Waals surface area (Å²) in [7, 11) is 4.04. The highest BCUT2D eigenvalue weighted by Crippen LogP contribution is 2.35. The molecule has 1 aromatic carbocycles. The van der Waals surface area contributed by atoms with E-state index in [9.17, 15) is 0 Å². The molecule has 1 heterocycles. The van der Waals surface area contributed by atoms with E-state index in [4.69, 9.17) is 4.74 Å². The van der Waals surface area contributed by atoms with E-state index in [2.05, 4.69) is 35.5 Å². The molecule has 1 aliphatic carbocycles. The maximum absolute atomic E-state index is 5.37. The van der Waals surface area contributed by atoms with Gasteiger partial charge in [0.15, 0.2) is 0 Å². The molecule has 0 aromatic heterocycles. The molecule has 2 aliphatic rings. The van der Waals surface area contributed by atoms with Crippen molar-refractivity contribution in [2.24, 2.45) is 0 Å². The Labute approximate surface area is 128 Å². The maximum atomic E-state index is 5.37. The highest BCUT2D eigenvalue weighted by atomic mass is 16.5. The number of hydrogen-bond donors (Lipinski definition) is 1. The Morgan fingerprint density at radius 3 is 2.90 bits per heavy atom. The molecule has 0 radical (unpaired) electrons. The molecule has 0 spiro atoms. The SMILES string of the molecule is COc1ccc2c(c1)CCCC2N(C)CC1CCCCN1. The fourth-order valence-corrected chi connectivity index (χ4v) is 3.90. The van der Waals surface area contributed by atoms with Gasteiger partial charge in [-0.1, -0.05) is 12.5 Å². The Hall–Kier alpha value is -1.06. The van der Waals surface area contributed by atoms with Crippen LogP contribution in [0.15, 0.2) is 18.2 Å². The minimum atomic E-state index is 0.573. The summed E-state index contributed by atoms with van der Waals surface area (Å²) in [4.78, 5) is 2.56. The van der Waals surface area contributed by atoms with E-state index in [-0.39, 0.29) is 0 Å². The topological polar surface area (TPSA) is 24.5 Å². The summed E-state index contributed by atoms with van der Waals surface area (Å²) < 4.78 is 5.37. The minimum absolute atomic E-state index is 0.573. The summed E-state index contributed by atoms with van der Waals surface area (Å²) in [6, 6.07) is 7.87. The Morgan fingerprint density at radius 1 is 1.24 bits per heavy atom. The van der Waals surface area contributed by atoms with Crippen LogP contribution in [0.3, 0.4) is 0 Å². The predicted octanol–water partition coefficient (Wildman–Crippen LogP) is 3.15. The third-order valence-electron chi connectivity index (χ3n) is 5.09. The first kappa shape index (κ1) is 14.9. The molecule has 2 unspecified atom stereocenters. The smallest absolute Gasteiger partial charge is 0.119 e. The number of methoxy groups -OCH3 is 1. The fourth-order valence-electron chi connectivity index (χ4n) is 3.90. The molecule has 2 atom stereocenters. The van der Waals surface area contributed by atoms with Crippen LogP contribution in [0, 0.1) is 0 Å². The third-order valence-corrected chi connectivity index (χ3v) is 5.09. The third kappa shape index (κ3) is 3.41. The lowest BCUT2D eigenvalue weighted by atomic mass is 9.86. The Bertz CT molecular complexity index is 468. The molecule has 116 valence electrons. The standard InChI is InChI=1S/C18H28N2O/c1-20(13-15-7-3-4-11-19-15)18-8-5-6-14-12-16(21-2)9-10-17(14)18/h9-10,12,15,18-19H,3-8,11,13H2,1-2H3. The summed E-state index contributed by atoms with van der Waals surface area (Å²) in [5.74, 6) is 0.992. The molecule has 3 nitrogen and oxygen atoms in total. The first-order chi connectivity index (χ1) is 10.3. The van der Waals surface area contributed by atoms with Gasteiger partial charge in [-0.05, 0) is 69.0 Å². The lowest BCUT2D eigenvalue weighted by Crippen LogP contribution is -2.43. The Kier molecular flexibility index (Phi) is 4.81. The van der Waals surface area contributed by atoms with Gasteiger partial charge in [0.05, 0.1) is 7.11 Å². The Morgan fingerprint density at radius 2 is 2.14 bits per heavy atom. The highest BCUT2D eigenvalue weighted by Gasteiger charge is 2.26. The van der Waals surface area contributed by atoms with E-state index < -0.39 is 0 Å². The van der Waals surface area contributed by atoms with Gasteiger partial charge in [0.25, 0.3) is 0 Å². The van der Waals surface area contributed by atoms with Gasteiger partial charge >= 0.3 is 0 Å². The number of hydrogen-bond acceptors (Lipinski definition) is 3. The number of nitrogens with zero attached hydrogens (tertiary/aromatic N) is 1. The maximum Gasteiger partial charge on any atom is 0.119 e. The summed E-state index contributed by atoms with van der Waals surface area (Å²) in [5.41, 5.74) is 2.99. The van der Waals surface area contributed by atoms with E-state index in [1.54, 1.807) is 7.11 Å². The monoisotopic (exact) mass is 288 g/mol. The summed E-state index contributed by atoms with van der Waals surface area (Å²) >= 11 is 0. The predicted molar refractivity (Wildman–Crippen MR) is 86.9 cm³/mol. The van der Waals surface area contributed by atoms with Crippen molar-refractivity contribution in [1.82, 2.24) is 10.2 Å². The average Bonchev–Trinajstić information content (AvgIpc) is 2.54. The summed E-state index contributed by atoms with van der Waals surface area (Å²) in [6.45, 7) is 2.35. The van der Waals surface area contributed by atoms with Crippen LogP contribution < -0.4 is 10.1 Å². The number of rotatable bonds is 4. The second-order valence-electron chi connectivity index (χ2n) is 6.56.